The van der Waals surface area contributed by atoms with Crippen LogP contribution in [-0.4, -0.2) is 34.6 Å². The maximum atomic E-state index is 6.35. The van der Waals surface area contributed by atoms with E-state index in [-0.39, 0.29) is 5.38 Å². The monoisotopic (exact) mass is 345 g/mol. The second-order valence-electron chi connectivity index (χ2n) is 5.75. The van der Waals surface area contributed by atoms with Crippen LogP contribution >= 0.6 is 34.8 Å². The molecular weight excluding hydrogens is 329 g/mol. The van der Waals surface area contributed by atoms with E-state index in [4.69, 9.17) is 34.8 Å². The lowest BCUT2D eigenvalue weighted by atomic mass is 10.0. The fourth-order valence-electron chi connectivity index (χ4n) is 3.03. The number of hydrogen-bond acceptors (Lipinski definition) is 2. The number of aromatic nitrogens is 2. The fourth-order valence-corrected chi connectivity index (χ4v) is 3.50. The number of likely N-dealkylation sites (tertiary alicyclic amines) is 1. The van der Waals surface area contributed by atoms with Crippen LogP contribution in [0.4, 0.5) is 0 Å². The van der Waals surface area contributed by atoms with Crippen LogP contribution in [-0.2, 0) is 0 Å². The summed E-state index contributed by atoms with van der Waals surface area (Å²) in [5.41, 5.74) is 1.90. The predicted octanol–water partition coefficient (Wildman–Crippen LogP) is 4.91. The molecule has 1 aliphatic rings. The summed E-state index contributed by atoms with van der Waals surface area (Å²) in [5, 5.41) is 0.951. The van der Waals surface area contributed by atoms with Gasteiger partial charge < -0.3 is 9.47 Å². The SMILES string of the molecule is CC(Cl)c1nc2cc(Cl)c(Cl)cc2n1C1CCN(C)CC1. The van der Waals surface area contributed by atoms with Gasteiger partial charge in [-0.15, -0.1) is 11.6 Å². The van der Waals surface area contributed by atoms with Gasteiger partial charge in [-0.25, -0.2) is 4.98 Å². The molecule has 21 heavy (non-hydrogen) atoms. The molecule has 1 saturated heterocycles. The third-order valence-electron chi connectivity index (χ3n) is 4.17. The highest BCUT2D eigenvalue weighted by Crippen LogP contribution is 2.35. The third-order valence-corrected chi connectivity index (χ3v) is 5.09. The van der Waals surface area contributed by atoms with Crippen molar-refractivity contribution >= 4 is 45.8 Å². The molecule has 2 heterocycles. The molecule has 1 unspecified atom stereocenters. The topological polar surface area (TPSA) is 21.1 Å². The van der Waals surface area contributed by atoms with Crippen LogP contribution in [0.1, 0.15) is 37.0 Å². The molecule has 1 fully saturated rings. The smallest absolute Gasteiger partial charge is 0.127 e. The highest BCUT2D eigenvalue weighted by Gasteiger charge is 2.25. The first-order valence-corrected chi connectivity index (χ1v) is 8.36. The number of imidazole rings is 1. The van der Waals surface area contributed by atoms with Gasteiger partial charge in [0, 0.05) is 6.04 Å². The Morgan fingerprint density at radius 2 is 1.81 bits per heavy atom. The van der Waals surface area contributed by atoms with Crippen LogP contribution < -0.4 is 0 Å². The average molecular weight is 347 g/mol. The van der Waals surface area contributed by atoms with Gasteiger partial charge in [-0.1, -0.05) is 23.2 Å². The van der Waals surface area contributed by atoms with Gasteiger partial charge >= 0.3 is 0 Å². The molecule has 0 saturated carbocycles. The summed E-state index contributed by atoms with van der Waals surface area (Å²) in [7, 11) is 2.16. The highest BCUT2D eigenvalue weighted by atomic mass is 35.5. The fraction of sp³-hybridized carbons (Fsp3) is 0.533. The molecule has 3 nitrogen and oxygen atoms in total. The van der Waals surface area contributed by atoms with Gasteiger partial charge in [-0.05, 0) is 52.0 Å². The Bertz CT molecular complexity index is 658. The number of hydrogen-bond donors (Lipinski definition) is 0. The molecule has 0 N–H and O–H groups in total. The maximum Gasteiger partial charge on any atom is 0.127 e. The first-order chi connectivity index (χ1) is 9.97. The van der Waals surface area contributed by atoms with E-state index in [0.717, 1.165) is 42.8 Å². The summed E-state index contributed by atoms with van der Waals surface area (Å²) in [6.07, 6.45) is 2.19. The van der Waals surface area contributed by atoms with Crippen molar-refractivity contribution in [3.8, 4) is 0 Å². The standard InChI is InChI=1S/C15H18Cl3N3/c1-9(16)15-19-13-7-11(17)12(18)8-14(13)21(15)10-3-5-20(2)6-4-10/h7-10H,3-6H2,1-2H3. The number of piperidine rings is 1. The molecule has 0 radical (unpaired) electrons. The minimum absolute atomic E-state index is 0.144. The van der Waals surface area contributed by atoms with E-state index in [2.05, 4.69) is 21.5 Å². The Hall–Kier alpha value is -0.480. The molecule has 114 valence electrons. The van der Waals surface area contributed by atoms with Gasteiger partial charge in [0.1, 0.15) is 5.82 Å². The van der Waals surface area contributed by atoms with Gasteiger partial charge in [0.25, 0.3) is 0 Å². The lowest BCUT2D eigenvalue weighted by molar-refractivity contribution is 0.221. The van der Waals surface area contributed by atoms with E-state index >= 15 is 0 Å². The van der Waals surface area contributed by atoms with Crippen LogP contribution in [0.5, 0.6) is 0 Å². The number of nitrogens with zero attached hydrogens (tertiary/aromatic N) is 3. The number of fused-ring (bicyclic) bond motifs is 1. The highest BCUT2D eigenvalue weighted by molar-refractivity contribution is 6.42. The summed E-state index contributed by atoms with van der Waals surface area (Å²) in [6.45, 7) is 4.13. The zero-order chi connectivity index (χ0) is 15.1. The zero-order valence-electron chi connectivity index (χ0n) is 12.1. The van der Waals surface area contributed by atoms with Gasteiger partial charge in [0.2, 0.25) is 0 Å². The van der Waals surface area contributed by atoms with E-state index in [1.54, 1.807) is 0 Å². The van der Waals surface area contributed by atoms with Crippen molar-refractivity contribution in [1.82, 2.24) is 14.5 Å². The van der Waals surface area contributed by atoms with Crippen LogP contribution in [0.2, 0.25) is 10.0 Å². The van der Waals surface area contributed by atoms with Gasteiger partial charge in [-0.3, -0.25) is 0 Å². The van der Waals surface area contributed by atoms with Gasteiger partial charge in [-0.2, -0.15) is 0 Å². The van der Waals surface area contributed by atoms with Crippen molar-refractivity contribution in [3.05, 3.63) is 28.0 Å². The molecule has 0 amide bonds. The molecular formula is C15H18Cl3N3. The average Bonchev–Trinajstić information content (AvgIpc) is 2.79. The number of benzene rings is 1. The molecule has 1 aliphatic heterocycles. The van der Waals surface area contributed by atoms with E-state index in [0.29, 0.717) is 16.1 Å². The third kappa shape index (κ3) is 2.89. The van der Waals surface area contributed by atoms with E-state index in [9.17, 15) is 0 Å². The van der Waals surface area contributed by atoms with Gasteiger partial charge in [0.15, 0.2) is 0 Å². The Morgan fingerprint density at radius 1 is 1.19 bits per heavy atom. The van der Waals surface area contributed by atoms with E-state index in [1.165, 1.54) is 0 Å². The van der Waals surface area contributed by atoms with Crippen molar-refractivity contribution in [3.63, 3.8) is 0 Å². The molecule has 0 bridgehead atoms. The van der Waals surface area contributed by atoms with Crippen molar-refractivity contribution < 1.29 is 0 Å². The van der Waals surface area contributed by atoms with E-state index in [1.807, 2.05) is 19.1 Å². The van der Waals surface area contributed by atoms with Crippen LogP contribution in [0.25, 0.3) is 11.0 Å². The molecule has 1 aromatic carbocycles. The lowest BCUT2D eigenvalue weighted by Crippen LogP contribution is -2.32. The molecule has 1 aromatic heterocycles. The van der Waals surface area contributed by atoms with Crippen molar-refractivity contribution in [1.29, 1.82) is 0 Å². The molecule has 1 atom stereocenters. The second-order valence-corrected chi connectivity index (χ2v) is 7.21. The Labute approximate surface area is 139 Å². The van der Waals surface area contributed by atoms with Crippen molar-refractivity contribution in [2.45, 2.75) is 31.2 Å². The minimum Gasteiger partial charge on any atom is -0.323 e. The zero-order valence-corrected chi connectivity index (χ0v) is 14.4. The number of halogens is 3. The largest absolute Gasteiger partial charge is 0.323 e. The summed E-state index contributed by atoms with van der Waals surface area (Å²) >= 11 is 18.7. The summed E-state index contributed by atoms with van der Waals surface area (Å²) < 4.78 is 2.27. The van der Waals surface area contributed by atoms with E-state index < -0.39 is 0 Å². The van der Waals surface area contributed by atoms with Gasteiger partial charge in [0.05, 0.1) is 26.5 Å². The molecule has 6 heteroatoms. The first-order valence-electron chi connectivity index (χ1n) is 7.17. The summed E-state index contributed by atoms with van der Waals surface area (Å²) in [4.78, 5) is 7.03. The summed E-state index contributed by atoms with van der Waals surface area (Å²) in [5.74, 6) is 0.902. The van der Waals surface area contributed by atoms with Crippen molar-refractivity contribution in [2.75, 3.05) is 20.1 Å². The van der Waals surface area contributed by atoms with Crippen LogP contribution in [0.15, 0.2) is 12.1 Å². The Balaban J connectivity index is 2.14. The number of rotatable bonds is 2. The quantitative estimate of drug-likeness (QED) is 0.720. The first kappa shape index (κ1) is 15.4. The number of alkyl halides is 1. The molecule has 0 spiro atoms. The Kier molecular flexibility index (Phi) is 4.37. The van der Waals surface area contributed by atoms with Crippen LogP contribution in [0.3, 0.4) is 0 Å². The molecule has 3 rings (SSSR count). The summed E-state index contributed by atoms with van der Waals surface area (Å²) in [6, 6.07) is 4.15. The predicted molar refractivity (Wildman–Crippen MR) is 89.8 cm³/mol. The minimum atomic E-state index is -0.144. The Morgan fingerprint density at radius 3 is 2.43 bits per heavy atom. The van der Waals surface area contributed by atoms with Crippen molar-refractivity contribution in [2.24, 2.45) is 0 Å². The maximum absolute atomic E-state index is 6.35. The molecule has 2 aromatic rings. The second kappa shape index (κ2) is 5.96. The normalized spacial score (nSPS) is 19.3. The van der Waals surface area contributed by atoms with Crippen LogP contribution in [0, 0.1) is 0 Å². The lowest BCUT2D eigenvalue weighted by Gasteiger charge is -2.31. The molecule has 0 aliphatic carbocycles.